The van der Waals surface area contributed by atoms with Crippen molar-refractivity contribution in [3.63, 3.8) is 0 Å². The van der Waals surface area contributed by atoms with Crippen molar-refractivity contribution in [3.05, 3.63) is 33.9 Å². The average Bonchev–Trinajstić information content (AvgIpc) is 2.38. The third-order valence-corrected chi connectivity index (χ3v) is 8.74. The molecule has 0 aliphatic rings. The smallest absolute Gasteiger partial charge is 0.271 e. The maximum atomic E-state index is 10.7. The van der Waals surface area contributed by atoms with Gasteiger partial charge in [0.1, 0.15) is 0 Å². The second-order valence-corrected chi connectivity index (χ2v) is 11.7. The molecule has 0 heterocycles. The third-order valence-electron chi connectivity index (χ3n) is 4.20. The van der Waals surface area contributed by atoms with Gasteiger partial charge in [-0.1, -0.05) is 20.8 Å². The first-order valence-corrected chi connectivity index (χ1v) is 10.3. The Hall–Kier alpha value is -1.44. The van der Waals surface area contributed by atoms with Gasteiger partial charge in [0.15, 0.2) is 8.32 Å². The van der Waals surface area contributed by atoms with Gasteiger partial charge in [-0.2, -0.15) is 0 Å². The molecule has 0 saturated heterocycles. The second-order valence-electron chi connectivity index (χ2n) is 6.93. The Morgan fingerprint density at radius 1 is 1.36 bits per heavy atom. The summed E-state index contributed by atoms with van der Waals surface area (Å²) in [5.41, 5.74) is 7.14. The van der Waals surface area contributed by atoms with E-state index in [-0.39, 0.29) is 10.7 Å². The van der Waals surface area contributed by atoms with E-state index < -0.39 is 13.2 Å². The molecule has 0 radical (unpaired) electrons. The molecule has 0 fully saturated rings. The van der Waals surface area contributed by atoms with Crippen LogP contribution in [0.2, 0.25) is 18.1 Å². The summed E-state index contributed by atoms with van der Waals surface area (Å²) in [6, 6.07) is 4.55. The summed E-state index contributed by atoms with van der Waals surface area (Å²) in [4.78, 5) is 10.2. The number of rotatable bonds is 7. The van der Waals surface area contributed by atoms with Gasteiger partial charge in [-0.3, -0.25) is 10.1 Å². The molecule has 7 heteroatoms. The number of nitrogens with two attached hydrogens (primary N) is 1. The highest BCUT2D eigenvalue weighted by molar-refractivity contribution is 6.74. The van der Waals surface area contributed by atoms with Crippen LogP contribution in [0.15, 0.2) is 18.2 Å². The molecule has 0 amide bonds. The van der Waals surface area contributed by atoms with E-state index in [0.29, 0.717) is 18.8 Å². The zero-order chi connectivity index (χ0) is 17.0. The topological polar surface area (TPSA) is 90.4 Å². The molecule has 3 N–H and O–H groups in total. The van der Waals surface area contributed by atoms with Gasteiger partial charge in [-0.05, 0) is 29.8 Å². The SMILES string of the molecule is CC(C)(C)[Si](C)(C)OCCNCc1ccc([N+](=O)[O-])cc1N. The normalized spacial score (nSPS) is 12.4. The highest BCUT2D eigenvalue weighted by Gasteiger charge is 2.36. The minimum Gasteiger partial charge on any atom is -0.416 e. The van der Waals surface area contributed by atoms with Crippen molar-refractivity contribution in [2.24, 2.45) is 0 Å². The molecule has 0 aliphatic carbocycles. The molecule has 6 nitrogen and oxygen atoms in total. The van der Waals surface area contributed by atoms with E-state index in [9.17, 15) is 10.1 Å². The van der Waals surface area contributed by atoms with E-state index in [0.717, 1.165) is 12.1 Å². The standard InChI is InChI=1S/C15H27N3O3Si/c1-15(2,3)22(4,5)21-9-8-17-11-12-6-7-13(18(19)20)10-14(12)16/h6-7,10,17H,8-9,11,16H2,1-5H3. The van der Waals surface area contributed by atoms with E-state index in [1.54, 1.807) is 6.07 Å². The van der Waals surface area contributed by atoms with Crippen molar-refractivity contribution in [2.75, 3.05) is 18.9 Å². The van der Waals surface area contributed by atoms with Crippen LogP contribution in [-0.2, 0) is 11.0 Å². The lowest BCUT2D eigenvalue weighted by Crippen LogP contribution is -2.42. The number of nitro benzene ring substituents is 1. The Kier molecular flexibility index (Phi) is 6.10. The van der Waals surface area contributed by atoms with Gasteiger partial charge in [0.2, 0.25) is 0 Å². The van der Waals surface area contributed by atoms with Crippen LogP contribution in [0.5, 0.6) is 0 Å². The number of non-ortho nitro benzene ring substituents is 1. The lowest BCUT2D eigenvalue weighted by Gasteiger charge is -2.36. The lowest BCUT2D eigenvalue weighted by molar-refractivity contribution is -0.384. The van der Waals surface area contributed by atoms with E-state index >= 15 is 0 Å². The Bertz CT molecular complexity index is 527. The van der Waals surface area contributed by atoms with Crippen LogP contribution in [-0.4, -0.2) is 26.4 Å². The highest BCUT2D eigenvalue weighted by atomic mass is 28.4. The third kappa shape index (κ3) is 5.08. The summed E-state index contributed by atoms with van der Waals surface area (Å²) in [6.45, 7) is 13.0. The number of nitrogens with one attached hydrogen (secondary N) is 1. The second kappa shape index (κ2) is 7.21. The van der Waals surface area contributed by atoms with E-state index in [1.807, 2.05) is 0 Å². The molecular weight excluding hydrogens is 298 g/mol. The fourth-order valence-corrected chi connectivity index (χ4v) is 2.72. The fraction of sp³-hybridized carbons (Fsp3) is 0.600. The van der Waals surface area contributed by atoms with Crippen molar-refractivity contribution >= 4 is 19.7 Å². The first-order valence-electron chi connectivity index (χ1n) is 7.42. The van der Waals surface area contributed by atoms with Crippen LogP contribution in [0, 0.1) is 10.1 Å². The zero-order valence-corrected chi connectivity index (χ0v) is 15.1. The number of nitrogen functional groups attached to an aromatic ring is 1. The number of hydrogen-bond acceptors (Lipinski definition) is 5. The molecule has 1 rings (SSSR count). The lowest BCUT2D eigenvalue weighted by atomic mass is 10.1. The van der Waals surface area contributed by atoms with Crippen LogP contribution in [0.4, 0.5) is 11.4 Å². The molecule has 0 bridgehead atoms. The summed E-state index contributed by atoms with van der Waals surface area (Å²) in [6.07, 6.45) is 0. The number of nitro groups is 1. The van der Waals surface area contributed by atoms with E-state index in [1.165, 1.54) is 12.1 Å². The minimum absolute atomic E-state index is 0.0162. The number of nitrogens with zero attached hydrogens (tertiary/aromatic N) is 1. The first kappa shape index (κ1) is 18.6. The monoisotopic (exact) mass is 325 g/mol. The molecule has 0 aromatic heterocycles. The predicted octanol–water partition coefficient (Wildman–Crippen LogP) is 3.29. The summed E-state index contributed by atoms with van der Waals surface area (Å²) < 4.78 is 6.07. The van der Waals surface area contributed by atoms with E-state index in [4.69, 9.17) is 10.2 Å². The van der Waals surface area contributed by atoms with Gasteiger partial charge in [0.25, 0.3) is 5.69 Å². The predicted molar refractivity (Wildman–Crippen MR) is 92.4 cm³/mol. The van der Waals surface area contributed by atoms with Gasteiger partial charge < -0.3 is 15.5 Å². The maximum Gasteiger partial charge on any atom is 0.271 e. The Balaban J connectivity index is 2.41. The zero-order valence-electron chi connectivity index (χ0n) is 14.1. The fourth-order valence-electron chi connectivity index (χ4n) is 1.67. The maximum absolute atomic E-state index is 10.7. The van der Waals surface area contributed by atoms with Gasteiger partial charge in [-0.25, -0.2) is 0 Å². The molecule has 0 atom stereocenters. The number of anilines is 1. The molecule has 1 aromatic carbocycles. The Labute approximate surface area is 133 Å². The van der Waals surface area contributed by atoms with Gasteiger partial charge >= 0.3 is 0 Å². The molecular formula is C15H27N3O3Si. The Morgan fingerprint density at radius 2 is 2.00 bits per heavy atom. The molecule has 124 valence electrons. The van der Waals surface area contributed by atoms with Crippen molar-refractivity contribution in [1.82, 2.24) is 5.32 Å². The van der Waals surface area contributed by atoms with Gasteiger partial charge in [0.05, 0.1) is 4.92 Å². The first-order chi connectivity index (χ1) is 10.0. The molecule has 22 heavy (non-hydrogen) atoms. The molecule has 0 unspecified atom stereocenters. The van der Waals surface area contributed by atoms with Crippen molar-refractivity contribution in [2.45, 2.75) is 45.4 Å². The molecule has 0 saturated carbocycles. The van der Waals surface area contributed by atoms with Gasteiger partial charge in [-0.15, -0.1) is 0 Å². The minimum atomic E-state index is -1.70. The van der Waals surface area contributed by atoms with Crippen LogP contribution >= 0.6 is 0 Å². The largest absolute Gasteiger partial charge is 0.416 e. The summed E-state index contributed by atoms with van der Waals surface area (Å²) >= 11 is 0. The number of hydrogen-bond donors (Lipinski definition) is 2. The highest BCUT2D eigenvalue weighted by Crippen LogP contribution is 2.36. The van der Waals surface area contributed by atoms with E-state index in [2.05, 4.69) is 39.2 Å². The summed E-state index contributed by atoms with van der Waals surface area (Å²) in [7, 11) is -1.70. The molecule has 0 aliphatic heterocycles. The molecule has 0 spiro atoms. The summed E-state index contributed by atoms with van der Waals surface area (Å²) in [5, 5.41) is 14.1. The Morgan fingerprint density at radius 3 is 2.50 bits per heavy atom. The summed E-state index contributed by atoms with van der Waals surface area (Å²) in [5.74, 6) is 0. The van der Waals surface area contributed by atoms with Crippen LogP contribution in [0.1, 0.15) is 26.3 Å². The van der Waals surface area contributed by atoms with Crippen LogP contribution in [0.3, 0.4) is 0 Å². The van der Waals surface area contributed by atoms with Crippen molar-refractivity contribution < 1.29 is 9.35 Å². The number of benzene rings is 1. The molecule has 1 aromatic rings. The van der Waals surface area contributed by atoms with Gasteiger partial charge in [0, 0.05) is 37.5 Å². The van der Waals surface area contributed by atoms with Crippen molar-refractivity contribution in [3.8, 4) is 0 Å². The average molecular weight is 325 g/mol. The van der Waals surface area contributed by atoms with Crippen LogP contribution < -0.4 is 11.1 Å². The van der Waals surface area contributed by atoms with Crippen molar-refractivity contribution in [1.29, 1.82) is 0 Å². The quantitative estimate of drug-likeness (QED) is 0.264. The van der Waals surface area contributed by atoms with Crippen LogP contribution in [0.25, 0.3) is 0 Å².